The molecule has 0 aromatic heterocycles. The first-order valence-corrected chi connectivity index (χ1v) is 7.88. The Morgan fingerprint density at radius 1 is 1.04 bits per heavy atom. The molecule has 8 heteroatoms. The van der Waals surface area contributed by atoms with E-state index in [0.717, 1.165) is 4.90 Å². The number of anilines is 1. The van der Waals surface area contributed by atoms with E-state index in [9.17, 15) is 14.4 Å². The number of fused-ring (bicyclic) bond motifs is 1. The number of barbiturate groups is 1. The van der Waals surface area contributed by atoms with Gasteiger partial charge in [0.1, 0.15) is 5.57 Å². The van der Waals surface area contributed by atoms with Gasteiger partial charge in [0, 0.05) is 6.07 Å². The number of nitriles is 1. The smallest absolute Gasteiger partial charge is 0.335 e. The fourth-order valence-electron chi connectivity index (χ4n) is 2.74. The number of hydrogen-bond donors (Lipinski definition) is 1. The second-order valence-electron chi connectivity index (χ2n) is 5.73. The molecule has 0 aliphatic carbocycles. The van der Waals surface area contributed by atoms with Gasteiger partial charge >= 0.3 is 6.03 Å². The van der Waals surface area contributed by atoms with Crippen molar-refractivity contribution in [3.63, 3.8) is 0 Å². The second-order valence-corrected chi connectivity index (χ2v) is 5.73. The molecule has 1 saturated heterocycles. The summed E-state index contributed by atoms with van der Waals surface area (Å²) in [5, 5.41) is 11.0. The Labute approximate surface area is 153 Å². The second kappa shape index (κ2) is 6.31. The normalized spacial score (nSPS) is 17.1. The van der Waals surface area contributed by atoms with Crippen molar-refractivity contribution in [2.75, 3.05) is 11.7 Å². The standard InChI is InChI=1S/C19H11N3O5/c20-9-12-3-1-11(2-4-12)7-14-17(23)21-19(25)22(18(14)24)13-5-6-15-16(8-13)27-10-26-15/h1-8H,10H2,(H,21,23,25)/b14-7-. The van der Waals surface area contributed by atoms with Crippen molar-refractivity contribution >= 4 is 29.6 Å². The van der Waals surface area contributed by atoms with Crippen LogP contribution in [0.25, 0.3) is 6.08 Å². The summed E-state index contributed by atoms with van der Waals surface area (Å²) in [7, 11) is 0. The minimum absolute atomic E-state index is 0.0568. The quantitative estimate of drug-likeness (QED) is 0.647. The Balaban J connectivity index is 1.70. The molecule has 0 spiro atoms. The van der Waals surface area contributed by atoms with Crippen molar-refractivity contribution in [1.82, 2.24) is 5.32 Å². The molecule has 8 nitrogen and oxygen atoms in total. The summed E-state index contributed by atoms with van der Waals surface area (Å²) in [6, 6.07) is 12.1. The number of rotatable bonds is 2. The van der Waals surface area contributed by atoms with E-state index < -0.39 is 17.8 Å². The lowest BCUT2D eigenvalue weighted by Gasteiger charge is -2.26. The van der Waals surface area contributed by atoms with Gasteiger partial charge in [0.25, 0.3) is 11.8 Å². The molecule has 132 valence electrons. The number of benzene rings is 2. The molecule has 0 saturated carbocycles. The van der Waals surface area contributed by atoms with Crippen molar-refractivity contribution in [2.24, 2.45) is 0 Å². The van der Waals surface area contributed by atoms with Crippen molar-refractivity contribution in [3.8, 4) is 17.6 Å². The number of carbonyl (C=O) groups is 3. The summed E-state index contributed by atoms with van der Waals surface area (Å²) in [5.41, 5.74) is 1.05. The summed E-state index contributed by atoms with van der Waals surface area (Å²) >= 11 is 0. The number of nitrogens with one attached hydrogen (secondary N) is 1. The van der Waals surface area contributed by atoms with Gasteiger partial charge in [-0.15, -0.1) is 0 Å². The monoisotopic (exact) mass is 361 g/mol. The van der Waals surface area contributed by atoms with Gasteiger partial charge in [0.05, 0.1) is 17.3 Å². The van der Waals surface area contributed by atoms with Gasteiger partial charge in [-0.2, -0.15) is 5.26 Å². The predicted octanol–water partition coefficient (Wildman–Crippen LogP) is 1.95. The molecule has 4 amide bonds. The van der Waals surface area contributed by atoms with Crippen molar-refractivity contribution in [3.05, 3.63) is 59.2 Å². The molecule has 1 N–H and O–H groups in total. The van der Waals surface area contributed by atoms with Gasteiger partial charge in [-0.1, -0.05) is 12.1 Å². The van der Waals surface area contributed by atoms with E-state index in [1.165, 1.54) is 18.2 Å². The van der Waals surface area contributed by atoms with Crippen LogP contribution < -0.4 is 19.7 Å². The van der Waals surface area contributed by atoms with Crippen LogP contribution in [0.1, 0.15) is 11.1 Å². The van der Waals surface area contributed by atoms with Crippen LogP contribution in [0.5, 0.6) is 11.5 Å². The van der Waals surface area contributed by atoms with Gasteiger partial charge in [-0.25, -0.2) is 9.69 Å². The lowest BCUT2D eigenvalue weighted by atomic mass is 10.1. The number of imide groups is 2. The van der Waals surface area contributed by atoms with Crippen molar-refractivity contribution in [1.29, 1.82) is 5.26 Å². The van der Waals surface area contributed by atoms with E-state index in [1.54, 1.807) is 30.3 Å². The van der Waals surface area contributed by atoms with Crippen LogP contribution in [0.2, 0.25) is 0 Å². The highest BCUT2D eigenvalue weighted by atomic mass is 16.7. The largest absolute Gasteiger partial charge is 0.454 e. The molecule has 27 heavy (non-hydrogen) atoms. The minimum Gasteiger partial charge on any atom is -0.454 e. The Kier molecular flexibility index (Phi) is 3.82. The summed E-state index contributed by atoms with van der Waals surface area (Å²) < 4.78 is 10.5. The third-order valence-electron chi connectivity index (χ3n) is 4.07. The first-order valence-electron chi connectivity index (χ1n) is 7.88. The van der Waals surface area contributed by atoms with Gasteiger partial charge in [-0.3, -0.25) is 14.9 Å². The fraction of sp³-hybridized carbons (Fsp3) is 0.0526. The lowest BCUT2D eigenvalue weighted by molar-refractivity contribution is -0.122. The van der Waals surface area contributed by atoms with Gasteiger partial charge in [0.15, 0.2) is 11.5 Å². The number of nitrogens with zero attached hydrogens (tertiary/aromatic N) is 2. The zero-order chi connectivity index (χ0) is 19.0. The molecule has 2 aliphatic rings. The molecule has 2 aromatic carbocycles. The Morgan fingerprint density at radius 2 is 1.78 bits per heavy atom. The third kappa shape index (κ3) is 2.87. The maximum atomic E-state index is 12.8. The van der Waals surface area contributed by atoms with E-state index in [4.69, 9.17) is 14.7 Å². The molecule has 2 heterocycles. The molecule has 0 radical (unpaired) electrons. The zero-order valence-electron chi connectivity index (χ0n) is 13.8. The summed E-state index contributed by atoms with van der Waals surface area (Å²) in [4.78, 5) is 38.1. The van der Waals surface area contributed by atoms with Crippen LogP contribution in [0.15, 0.2) is 48.0 Å². The van der Waals surface area contributed by atoms with Crippen LogP contribution >= 0.6 is 0 Å². The Morgan fingerprint density at radius 3 is 2.52 bits per heavy atom. The number of urea groups is 1. The molecular formula is C19H11N3O5. The van der Waals surface area contributed by atoms with Crippen LogP contribution in [0.3, 0.4) is 0 Å². The number of amides is 4. The van der Waals surface area contributed by atoms with E-state index in [2.05, 4.69) is 5.32 Å². The average Bonchev–Trinajstić information content (AvgIpc) is 3.13. The molecule has 2 aromatic rings. The molecule has 0 atom stereocenters. The van der Waals surface area contributed by atoms with Crippen molar-refractivity contribution < 1.29 is 23.9 Å². The molecule has 1 fully saturated rings. The number of hydrogen-bond acceptors (Lipinski definition) is 6. The minimum atomic E-state index is -0.846. The SMILES string of the molecule is N#Cc1ccc(/C=C2/C(=O)NC(=O)N(c3ccc4c(c3)OCO4)C2=O)cc1. The Bertz CT molecular complexity index is 1050. The first-order chi connectivity index (χ1) is 13.1. The van der Waals surface area contributed by atoms with E-state index >= 15 is 0 Å². The first kappa shape index (κ1) is 16.4. The van der Waals surface area contributed by atoms with Crippen LogP contribution in [-0.4, -0.2) is 24.6 Å². The molecule has 4 rings (SSSR count). The molecule has 0 unspecified atom stereocenters. The van der Waals surface area contributed by atoms with Crippen molar-refractivity contribution in [2.45, 2.75) is 0 Å². The summed E-state index contributed by atoms with van der Waals surface area (Å²) in [6.45, 7) is 0.0568. The highest BCUT2D eigenvalue weighted by Gasteiger charge is 2.37. The van der Waals surface area contributed by atoms with Crippen LogP contribution in [-0.2, 0) is 9.59 Å². The maximum absolute atomic E-state index is 12.8. The van der Waals surface area contributed by atoms with Gasteiger partial charge < -0.3 is 9.47 Å². The summed E-state index contributed by atoms with van der Waals surface area (Å²) in [5.74, 6) is -0.631. The average molecular weight is 361 g/mol. The highest BCUT2D eigenvalue weighted by molar-refractivity contribution is 6.39. The van der Waals surface area contributed by atoms with E-state index in [1.807, 2.05) is 6.07 Å². The van der Waals surface area contributed by atoms with E-state index in [-0.39, 0.29) is 18.1 Å². The molecular weight excluding hydrogens is 350 g/mol. The zero-order valence-corrected chi connectivity index (χ0v) is 13.8. The molecule has 0 bridgehead atoms. The maximum Gasteiger partial charge on any atom is 0.335 e. The van der Waals surface area contributed by atoms with Crippen LogP contribution in [0.4, 0.5) is 10.5 Å². The number of ether oxygens (including phenoxy) is 2. The predicted molar refractivity (Wildman–Crippen MR) is 92.7 cm³/mol. The topological polar surface area (TPSA) is 109 Å². The molecule has 2 aliphatic heterocycles. The Hall–Kier alpha value is -4.12. The van der Waals surface area contributed by atoms with Gasteiger partial charge in [0.2, 0.25) is 6.79 Å². The fourth-order valence-corrected chi connectivity index (χ4v) is 2.74. The highest BCUT2D eigenvalue weighted by Crippen LogP contribution is 2.36. The van der Waals surface area contributed by atoms with Crippen LogP contribution in [0, 0.1) is 11.3 Å². The van der Waals surface area contributed by atoms with Gasteiger partial charge in [-0.05, 0) is 35.9 Å². The summed E-state index contributed by atoms with van der Waals surface area (Å²) in [6.07, 6.45) is 1.37. The number of carbonyl (C=O) groups excluding carboxylic acids is 3. The van der Waals surface area contributed by atoms with E-state index in [0.29, 0.717) is 22.6 Å². The lowest BCUT2D eigenvalue weighted by Crippen LogP contribution is -2.54. The third-order valence-corrected chi connectivity index (χ3v) is 4.07.